The average Bonchev–Trinajstić information content (AvgIpc) is 3.57. The largest absolute Gasteiger partial charge is 0.332 e. The second kappa shape index (κ2) is 9.12. The van der Waals surface area contributed by atoms with Crippen molar-refractivity contribution in [3.63, 3.8) is 0 Å². The van der Waals surface area contributed by atoms with Crippen molar-refractivity contribution in [1.82, 2.24) is 9.88 Å². The van der Waals surface area contributed by atoms with E-state index in [1.54, 1.807) is 53.4 Å². The molecule has 0 radical (unpaired) electrons. The number of sulfonamides is 1. The molecule has 7 heteroatoms. The zero-order valence-electron chi connectivity index (χ0n) is 18.3. The number of benzene rings is 2. The highest BCUT2D eigenvalue weighted by molar-refractivity contribution is 7.92. The number of para-hydroxylation sites is 1. The molecule has 1 heterocycles. The van der Waals surface area contributed by atoms with Crippen LogP contribution in [-0.2, 0) is 16.6 Å². The molecular formula is C25H29N3O3S. The summed E-state index contributed by atoms with van der Waals surface area (Å²) in [5.41, 5.74) is 3.29. The molecule has 1 fully saturated rings. The molecule has 6 nitrogen and oxygen atoms in total. The lowest BCUT2D eigenvalue weighted by Gasteiger charge is -2.24. The summed E-state index contributed by atoms with van der Waals surface area (Å²) < 4.78 is 28.5. The van der Waals surface area contributed by atoms with Crippen molar-refractivity contribution in [2.24, 2.45) is 5.92 Å². The quantitative estimate of drug-likeness (QED) is 0.534. The summed E-state index contributed by atoms with van der Waals surface area (Å²) in [4.78, 5) is 20.0. The monoisotopic (exact) mass is 451 g/mol. The molecule has 1 aliphatic rings. The van der Waals surface area contributed by atoms with E-state index in [-0.39, 0.29) is 17.9 Å². The topological polar surface area (TPSA) is 79.4 Å². The summed E-state index contributed by atoms with van der Waals surface area (Å²) >= 11 is 0. The van der Waals surface area contributed by atoms with Gasteiger partial charge in [0.1, 0.15) is 0 Å². The lowest BCUT2D eigenvalue weighted by atomic mass is 10.1. The van der Waals surface area contributed by atoms with Crippen LogP contribution in [0.25, 0.3) is 0 Å². The Hall–Kier alpha value is -3.19. The first-order chi connectivity index (χ1) is 15.3. The summed E-state index contributed by atoms with van der Waals surface area (Å²) in [6, 6.07) is 19.1. The average molecular weight is 452 g/mol. The molecule has 3 aromatic rings. The second-order valence-corrected chi connectivity index (χ2v) is 10.0. The van der Waals surface area contributed by atoms with Gasteiger partial charge in [-0.15, -0.1) is 0 Å². The summed E-state index contributed by atoms with van der Waals surface area (Å²) in [7, 11) is -3.82. The Bertz CT molecular complexity index is 1230. The first-order valence-corrected chi connectivity index (χ1v) is 12.2. The molecule has 0 saturated heterocycles. The van der Waals surface area contributed by atoms with E-state index >= 15 is 0 Å². The van der Waals surface area contributed by atoms with Crippen molar-refractivity contribution in [2.45, 2.75) is 38.1 Å². The number of anilines is 1. The van der Waals surface area contributed by atoms with Crippen LogP contribution < -0.4 is 4.72 Å². The number of aromatic nitrogens is 1. The van der Waals surface area contributed by atoms with Crippen LogP contribution in [0, 0.1) is 19.8 Å². The maximum Gasteiger partial charge on any atom is 0.261 e. The number of pyridine rings is 1. The van der Waals surface area contributed by atoms with E-state index in [1.807, 2.05) is 32.0 Å². The summed E-state index contributed by atoms with van der Waals surface area (Å²) in [6.07, 6.45) is 2.21. The van der Waals surface area contributed by atoms with Crippen LogP contribution in [0.2, 0.25) is 0 Å². The lowest BCUT2D eigenvalue weighted by molar-refractivity contribution is 0.0733. The Morgan fingerprint density at radius 3 is 2.44 bits per heavy atom. The molecule has 2 aromatic carbocycles. The van der Waals surface area contributed by atoms with Crippen molar-refractivity contribution >= 4 is 21.6 Å². The van der Waals surface area contributed by atoms with E-state index in [2.05, 4.69) is 9.71 Å². The molecular weight excluding hydrogens is 422 g/mol. The van der Waals surface area contributed by atoms with Crippen LogP contribution in [0.4, 0.5) is 5.69 Å². The first kappa shape index (κ1) is 22.0. The predicted molar refractivity (Wildman–Crippen MR) is 127 cm³/mol. The van der Waals surface area contributed by atoms with E-state index in [0.717, 1.165) is 29.8 Å². The highest BCUT2D eigenvalue weighted by Gasteiger charge is 2.29. The van der Waals surface area contributed by atoms with Crippen LogP contribution in [0.5, 0.6) is 0 Å². The predicted octanol–water partition coefficient (Wildman–Crippen LogP) is 4.80. The van der Waals surface area contributed by atoms with Gasteiger partial charge in [-0.1, -0.05) is 35.9 Å². The SMILES string of the molecule is Cc1ccc(S(=O)(=O)Nc2ccccc2C(=O)N(Cc2cccc(C)n2)CC2CC2)cc1.[HH]. The van der Waals surface area contributed by atoms with Gasteiger partial charge in [0.05, 0.1) is 28.4 Å². The molecule has 0 unspecified atom stereocenters. The van der Waals surface area contributed by atoms with Gasteiger partial charge in [0, 0.05) is 13.7 Å². The zero-order valence-corrected chi connectivity index (χ0v) is 19.1. The van der Waals surface area contributed by atoms with E-state index < -0.39 is 10.0 Å². The van der Waals surface area contributed by atoms with Crippen molar-refractivity contribution in [2.75, 3.05) is 11.3 Å². The number of carbonyl (C=O) groups is 1. The molecule has 1 amide bonds. The van der Waals surface area contributed by atoms with Gasteiger partial charge in [-0.2, -0.15) is 0 Å². The van der Waals surface area contributed by atoms with Crippen molar-refractivity contribution < 1.29 is 14.6 Å². The number of carbonyl (C=O) groups excluding carboxylic acids is 1. The normalized spacial score (nSPS) is 13.6. The highest BCUT2D eigenvalue weighted by Crippen LogP contribution is 2.31. The number of rotatable bonds is 8. The molecule has 0 atom stereocenters. The maximum atomic E-state index is 13.5. The fourth-order valence-corrected chi connectivity index (χ4v) is 4.64. The van der Waals surface area contributed by atoms with Gasteiger partial charge in [-0.25, -0.2) is 8.42 Å². The van der Waals surface area contributed by atoms with Crippen molar-refractivity contribution in [3.8, 4) is 0 Å². The van der Waals surface area contributed by atoms with E-state index in [0.29, 0.717) is 24.6 Å². The third-order valence-electron chi connectivity index (χ3n) is 5.49. The Kier molecular flexibility index (Phi) is 6.28. The van der Waals surface area contributed by atoms with E-state index in [1.165, 1.54) is 0 Å². The minimum Gasteiger partial charge on any atom is -0.332 e. The standard InChI is InChI=1S/C25H27N3O3S.H2/c1-18-10-14-22(15-11-18)32(30,31)27-24-9-4-3-8-23(24)25(29)28(16-20-12-13-20)17-21-7-5-6-19(2)26-21;/h3-11,14-15,20,27H,12-13,16-17H2,1-2H3;1H. The summed E-state index contributed by atoms with van der Waals surface area (Å²) in [5, 5.41) is 0. The summed E-state index contributed by atoms with van der Waals surface area (Å²) in [6.45, 7) is 4.84. The van der Waals surface area contributed by atoms with Gasteiger partial charge in [0.2, 0.25) is 0 Å². The van der Waals surface area contributed by atoms with Crippen LogP contribution in [-0.4, -0.2) is 30.8 Å². The number of nitrogens with one attached hydrogen (secondary N) is 1. The number of aryl methyl sites for hydroxylation is 2. The van der Waals surface area contributed by atoms with Crippen LogP contribution in [0.15, 0.2) is 71.6 Å². The molecule has 0 aliphatic heterocycles. The highest BCUT2D eigenvalue weighted by atomic mass is 32.2. The zero-order chi connectivity index (χ0) is 22.7. The van der Waals surface area contributed by atoms with Crippen LogP contribution >= 0.6 is 0 Å². The molecule has 1 N–H and O–H groups in total. The fourth-order valence-electron chi connectivity index (χ4n) is 3.56. The van der Waals surface area contributed by atoms with Crippen molar-refractivity contribution in [1.29, 1.82) is 0 Å². The van der Waals surface area contributed by atoms with E-state index in [9.17, 15) is 13.2 Å². The molecule has 1 aromatic heterocycles. The van der Waals surface area contributed by atoms with Gasteiger partial charge in [-0.05, 0) is 69.0 Å². The molecule has 168 valence electrons. The summed E-state index contributed by atoms with van der Waals surface area (Å²) in [5.74, 6) is 0.280. The fraction of sp³-hybridized carbons (Fsp3) is 0.280. The molecule has 4 rings (SSSR count). The Balaban J connectivity index is 0.00000306. The molecule has 32 heavy (non-hydrogen) atoms. The number of hydrogen-bond donors (Lipinski definition) is 1. The number of nitrogens with zero attached hydrogens (tertiary/aromatic N) is 2. The number of hydrogen-bond acceptors (Lipinski definition) is 4. The van der Waals surface area contributed by atoms with Gasteiger partial charge < -0.3 is 4.90 Å². The minimum atomic E-state index is -3.82. The van der Waals surface area contributed by atoms with E-state index in [4.69, 9.17) is 0 Å². The third-order valence-corrected chi connectivity index (χ3v) is 6.88. The van der Waals surface area contributed by atoms with Crippen LogP contribution in [0.3, 0.4) is 0 Å². The second-order valence-electron chi connectivity index (χ2n) is 8.36. The smallest absolute Gasteiger partial charge is 0.261 e. The Labute approximate surface area is 190 Å². The number of amides is 1. The van der Waals surface area contributed by atoms with Gasteiger partial charge in [0.15, 0.2) is 0 Å². The maximum absolute atomic E-state index is 13.5. The third kappa shape index (κ3) is 5.34. The Morgan fingerprint density at radius 2 is 1.75 bits per heavy atom. The van der Waals surface area contributed by atoms with Crippen LogP contribution in [0.1, 0.15) is 41.6 Å². The minimum absolute atomic E-state index is 0. The van der Waals surface area contributed by atoms with Crippen molar-refractivity contribution in [3.05, 3.63) is 89.2 Å². The molecule has 0 bridgehead atoms. The van der Waals surface area contributed by atoms with Gasteiger partial charge in [0.25, 0.3) is 15.9 Å². The lowest BCUT2D eigenvalue weighted by Crippen LogP contribution is -2.33. The van der Waals surface area contributed by atoms with Gasteiger partial charge >= 0.3 is 0 Å². The Morgan fingerprint density at radius 1 is 1.03 bits per heavy atom. The molecule has 0 spiro atoms. The molecule has 1 aliphatic carbocycles. The molecule has 1 saturated carbocycles. The van der Waals surface area contributed by atoms with Gasteiger partial charge in [-0.3, -0.25) is 14.5 Å². The first-order valence-electron chi connectivity index (χ1n) is 10.7.